The van der Waals surface area contributed by atoms with Gasteiger partial charge in [-0.15, -0.1) is 0 Å². The van der Waals surface area contributed by atoms with Gasteiger partial charge in [0.05, 0.1) is 18.0 Å². The zero-order valence-electron chi connectivity index (χ0n) is 11.9. The van der Waals surface area contributed by atoms with E-state index in [4.69, 9.17) is 10.9 Å². The summed E-state index contributed by atoms with van der Waals surface area (Å²) in [7, 11) is -3.84. The molecule has 0 aliphatic heterocycles. The Kier molecular flexibility index (Phi) is 5.38. The molecule has 0 saturated carbocycles. The molecule has 7 heteroatoms. The van der Waals surface area contributed by atoms with E-state index < -0.39 is 10.0 Å². The van der Waals surface area contributed by atoms with Crippen molar-refractivity contribution in [3.63, 3.8) is 0 Å². The molecule has 0 heterocycles. The van der Waals surface area contributed by atoms with Crippen LogP contribution >= 0.6 is 0 Å². The van der Waals surface area contributed by atoms with Crippen LogP contribution in [0.2, 0.25) is 0 Å². The minimum atomic E-state index is -3.84. The van der Waals surface area contributed by atoms with Crippen LogP contribution in [-0.2, 0) is 10.0 Å². The largest absolute Gasteiger partial charge is 0.396 e. The molecule has 20 heavy (non-hydrogen) atoms. The lowest BCUT2D eigenvalue weighted by Crippen LogP contribution is -2.32. The van der Waals surface area contributed by atoms with Crippen molar-refractivity contribution in [2.24, 2.45) is 10.6 Å². The van der Waals surface area contributed by atoms with Gasteiger partial charge in [-0.05, 0) is 25.0 Å². The first-order valence-corrected chi connectivity index (χ1v) is 8.10. The molecule has 114 valence electrons. The number of aliphatic hydroxyl groups excluding tert-OH is 1. The second-order valence-corrected chi connectivity index (χ2v) is 6.51. The number of rotatable bonds is 7. The first-order valence-electron chi connectivity index (χ1n) is 6.55. The molecule has 1 rings (SSSR count). The van der Waals surface area contributed by atoms with E-state index in [1.54, 1.807) is 12.1 Å². The summed E-state index contributed by atoms with van der Waals surface area (Å²) in [4.78, 5) is -0.0925. The summed E-state index contributed by atoms with van der Waals surface area (Å²) in [5.41, 5.74) is 6.21. The van der Waals surface area contributed by atoms with Gasteiger partial charge < -0.3 is 16.2 Å². The predicted octanol–water partition coefficient (Wildman–Crippen LogP) is 1.13. The van der Waals surface area contributed by atoms with Crippen LogP contribution in [0, 0.1) is 5.41 Å². The first-order chi connectivity index (χ1) is 9.29. The summed E-state index contributed by atoms with van der Waals surface area (Å²) < 4.78 is 22.8. The molecule has 0 aliphatic rings. The van der Waals surface area contributed by atoms with Gasteiger partial charge in [-0.25, -0.2) is 13.6 Å². The van der Waals surface area contributed by atoms with Crippen molar-refractivity contribution in [3.05, 3.63) is 18.2 Å². The van der Waals surface area contributed by atoms with Crippen LogP contribution in [0.3, 0.4) is 0 Å². The Morgan fingerprint density at radius 2 is 1.90 bits per heavy atom. The number of anilines is 2. The van der Waals surface area contributed by atoms with E-state index in [2.05, 4.69) is 5.32 Å². The number of benzene rings is 1. The van der Waals surface area contributed by atoms with Crippen molar-refractivity contribution >= 4 is 21.4 Å². The van der Waals surface area contributed by atoms with E-state index in [-0.39, 0.29) is 22.6 Å². The SMILES string of the molecule is CCC(CC)(CO)CNc1cccc(S(N)(=O)=O)c1N. The molecule has 0 radical (unpaired) electrons. The fourth-order valence-corrected chi connectivity index (χ4v) is 2.69. The summed E-state index contributed by atoms with van der Waals surface area (Å²) in [6, 6.07) is 4.64. The van der Waals surface area contributed by atoms with Crippen molar-refractivity contribution in [3.8, 4) is 0 Å². The number of primary sulfonamides is 1. The summed E-state index contributed by atoms with van der Waals surface area (Å²) >= 11 is 0. The van der Waals surface area contributed by atoms with Gasteiger partial charge in [-0.1, -0.05) is 19.9 Å². The van der Waals surface area contributed by atoms with Gasteiger partial charge in [0.25, 0.3) is 0 Å². The van der Waals surface area contributed by atoms with E-state index >= 15 is 0 Å². The van der Waals surface area contributed by atoms with Gasteiger partial charge in [0, 0.05) is 12.0 Å². The highest BCUT2D eigenvalue weighted by atomic mass is 32.2. The fourth-order valence-electron chi connectivity index (χ4n) is 2.01. The summed E-state index contributed by atoms with van der Waals surface area (Å²) in [5, 5.41) is 17.7. The second-order valence-electron chi connectivity index (χ2n) is 4.98. The number of hydrogen-bond acceptors (Lipinski definition) is 5. The standard InChI is InChI=1S/C13H23N3O3S/c1-3-13(4-2,9-17)8-16-10-6-5-7-11(12(10)14)20(15,18)19/h5-7,16-17H,3-4,8-9,14H2,1-2H3,(H2,15,18,19). The number of sulfonamides is 1. The van der Waals surface area contributed by atoms with Crippen molar-refractivity contribution in [1.29, 1.82) is 0 Å². The zero-order valence-corrected chi connectivity index (χ0v) is 12.7. The monoisotopic (exact) mass is 301 g/mol. The topological polar surface area (TPSA) is 118 Å². The molecule has 0 unspecified atom stereocenters. The predicted molar refractivity (Wildman–Crippen MR) is 80.8 cm³/mol. The van der Waals surface area contributed by atoms with Crippen molar-refractivity contribution in [1.82, 2.24) is 0 Å². The molecule has 0 aliphatic carbocycles. The molecule has 0 bridgehead atoms. The van der Waals surface area contributed by atoms with Gasteiger partial charge in [0.15, 0.2) is 0 Å². The van der Waals surface area contributed by atoms with E-state index in [0.717, 1.165) is 12.8 Å². The van der Waals surface area contributed by atoms with Crippen LogP contribution in [0.5, 0.6) is 0 Å². The van der Waals surface area contributed by atoms with E-state index in [1.165, 1.54) is 6.07 Å². The minimum Gasteiger partial charge on any atom is -0.396 e. The number of nitrogens with two attached hydrogens (primary N) is 2. The molecular weight excluding hydrogens is 278 g/mol. The van der Waals surface area contributed by atoms with Crippen LogP contribution < -0.4 is 16.2 Å². The Bertz CT molecular complexity index is 546. The lowest BCUT2D eigenvalue weighted by atomic mass is 9.83. The third kappa shape index (κ3) is 3.62. The Labute approximate surface area is 120 Å². The van der Waals surface area contributed by atoms with Gasteiger partial charge in [-0.2, -0.15) is 0 Å². The molecule has 0 amide bonds. The normalized spacial score (nSPS) is 12.4. The minimum absolute atomic E-state index is 0.0573. The van der Waals surface area contributed by atoms with Crippen molar-refractivity contribution < 1.29 is 13.5 Å². The summed E-state index contributed by atoms with van der Waals surface area (Å²) in [6.07, 6.45) is 1.61. The number of nitrogens with one attached hydrogen (secondary N) is 1. The molecule has 6 N–H and O–H groups in total. The number of aliphatic hydroxyl groups is 1. The first kappa shape index (κ1) is 16.7. The molecular formula is C13H23N3O3S. The zero-order chi connectivity index (χ0) is 15.4. The Morgan fingerprint density at radius 1 is 1.30 bits per heavy atom. The maximum absolute atomic E-state index is 11.4. The quantitative estimate of drug-likeness (QED) is 0.563. The van der Waals surface area contributed by atoms with Crippen molar-refractivity contribution in [2.75, 3.05) is 24.2 Å². The van der Waals surface area contributed by atoms with E-state index in [1.807, 2.05) is 13.8 Å². The molecule has 1 aromatic carbocycles. The van der Waals surface area contributed by atoms with Gasteiger partial charge in [0.2, 0.25) is 10.0 Å². The highest BCUT2D eigenvalue weighted by Gasteiger charge is 2.25. The lowest BCUT2D eigenvalue weighted by Gasteiger charge is -2.30. The van der Waals surface area contributed by atoms with Crippen LogP contribution in [0.25, 0.3) is 0 Å². The molecule has 0 spiro atoms. The van der Waals surface area contributed by atoms with Gasteiger partial charge >= 0.3 is 0 Å². The third-order valence-electron chi connectivity index (χ3n) is 3.86. The Morgan fingerprint density at radius 3 is 2.35 bits per heavy atom. The highest BCUT2D eigenvalue weighted by molar-refractivity contribution is 7.89. The number of nitrogen functional groups attached to an aromatic ring is 1. The lowest BCUT2D eigenvalue weighted by molar-refractivity contribution is 0.127. The average molecular weight is 301 g/mol. The van der Waals surface area contributed by atoms with Crippen molar-refractivity contribution in [2.45, 2.75) is 31.6 Å². The maximum atomic E-state index is 11.4. The average Bonchev–Trinajstić information content (AvgIpc) is 2.41. The van der Waals surface area contributed by atoms with Crippen LogP contribution in [0.15, 0.2) is 23.1 Å². The molecule has 0 aromatic heterocycles. The Balaban J connectivity index is 3.00. The van der Waals surface area contributed by atoms with E-state index in [9.17, 15) is 13.5 Å². The molecule has 1 aromatic rings. The number of hydrogen-bond donors (Lipinski definition) is 4. The molecule has 0 saturated heterocycles. The van der Waals surface area contributed by atoms with Crippen LogP contribution in [0.1, 0.15) is 26.7 Å². The second kappa shape index (κ2) is 6.43. The fraction of sp³-hybridized carbons (Fsp3) is 0.538. The van der Waals surface area contributed by atoms with Gasteiger partial charge in [-0.3, -0.25) is 0 Å². The Hall–Kier alpha value is -1.31. The summed E-state index contributed by atoms with van der Waals surface area (Å²) in [6.45, 7) is 4.58. The van der Waals surface area contributed by atoms with Crippen LogP contribution in [0.4, 0.5) is 11.4 Å². The third-order valence-corrected chi connectivity index (χ3v) is 4.83. The smallest absolute Gasteiger partial charge is 0.240 e. The van der Waals surface area contributed by atoms with Crippen LogP contribution in [-0.4, -0.2) is 26.7 Å². The molecule has 0 atom stereocenters. The van der Waals surface area contributed by atoms with E-state index in [0.29, 0.717) is 12.2 Å². The maximum Gasteiger partial charge on any atom is 0.240 e. The number of para-hydroxylation sites is 1. The molecule has 6 nitrogen and oxygen atoms in total. The van der Waals surface area contributed by atoms with Gasteiger partial charge in [0.1, 0.15) is 4.90 Å². The molecule has 0 fully saturated rings. The highest BCUT2D eigenvalue weighted by Crippen LogP contribution is 2.30. The summed E-state index contributed by atoms with van der Waals surface area (Å²) in [5.74, 6) is 0.